The van der Waals surface area contributed by atoms with Crippen LogP contribution < -0.4 is 4.74 Å². The van der Waals surface area contributed by atoms with E-state index in [9.17, 15) is 9.59 Å². The smallest absolute Gasteiger partial charge is 0.385 e. The van der Waals surface area contributed by atoms with Crippen LogP contribution in [-0.2, 0) is 4.79 Å². The van der Waals surface area contributed by atoms with Crippen molar-refractivity contribution in [1.29, 1.82) is 0 Å². The predicted molar refractivity (Wildman–Crippen MR) is 110 cm³/mol. The van der Waals surface area contributed by atoms with Crippen molar-refractivity contribution in [2.75, 3.05) is 13.2 Å². The summed E-state index contributed by atoms with van der Waals surface area (Å²) in [6, 6.07) is 7.66. The van der Waals surface area contributed by atoms with E-state index >= 15 is 0 Å². The van der Waals surface area contributed by atoms with Gasteiger partial charge in [0.05, 0.1) is 0 Å². The van der Waals surface area contributed by atoms with Gasteiger partial charge in [-0.25, -0.2) is 4.79 Å². The summed E-state index contributed by atoms with van der Waals surface area (Å²) < 4.78 is 5.40. The Labute approximate surface area is 167 Å². The molecule has 0 heterocycles. The maximum atomic E-state index is 12.5. The number of rotatable bonds is 5. The first kappa shape index (κ1) is 23.5. The summed E-state index contributed by atoms with van der Waals surface area (Å²) in [4.78, 5) is 24.8. The minimum atomic E-state index is -0.838. The number of aliphatic hydroxyl groups excluding tert-OH is 2. The molecule has 2 aromatic rings. The highest BCUT2D eigenvalue weighted by Gasteiger charge is 2.24. The Balaban J connectivity index is 0.000000696. The van der Waals surface area contributed by atoms with Gasteiger partial charge in [-0.3, -0.25) is 4.79 Å². The summed E-state index contributed by atoms with van der Waals surface area (Å²) in [6.45, 7) is 11.5. The van der Waals surface area contributed by atoms with E-state index in [1.165, 1.54) is 0 Å². The SMILES string of the molecule is Cc1cc(C)c(OC(=O)C(=O)c2c(C)cc(C)cc2C)c(C)c1.OCCCO. The quantitative estimate of drug-likeness (QED) is 0.354. The Morgan fingerprint density at radius 3 is 1.50 bits per heavy atom. The van der Waals surface area contributed by atoms with Gasteiger partial charge in [0.2, 0.25) is 0 Å². The van der Waals surface area contributed by atoms with Crippen molar-refractivity contribution in [2.24, 2.45) is 0 Å². The van der Waals surface area contributed by atoms with Gasteiger partial charge in [0.25, 0.3) is 5.78 Å². The van der Waals surface area contributed by atoms with E-state index in [4.69, 9.17) is 14.9 Å². The number of benzene rings is 2. The Morgan fingerprint density at radius 2 is 1.14 bits per heavy atom. The van der Waals surface area contributed by atoms with Gasteiger partial charge in [0.15, 0.2) is 0 Å². The number of carbonyl (C=O) groups is 2. The molecule has 0 bridgehead atoms. The van der Waals surface area contributed by atoms with Crippen molar-refractivity contribution in [1.82, 2.24) is 0 Å². The molecule has 2 rings (SSSR count). The van der Waals surface area contributed by atoms with Crippen molar-refractivity contribution in [3.05, 3.63) is 63.2 Å². The molecule has 0 fully saturated rings. The number of hydrogen-bond donors (Lipinski definition) is 2. The van der Waals surface area contributed by atoms with Gasteiger partial charge in [-0.05, 0) is 70.2 Å². The molecule has 0 amide bonds. The first-order chi connectivity index (χ1) is 13.1. The van der Waals surface area contributed by atoms with Gasteiger partial charge in [-0.15, -0.1) is 0 Å². The second-order valence-electron chi connectivity index (χ2n) is 7.02. The van der Waals surface area contributed by atoms with Gasteiger partial charge in [0.1, 0.15) is 5.75 Å². The third-order valence-electron chi connectivity index (χ3n) is 4.21. The Hall–Kier alpha value is -2.50. The van der Waals surface area contributed by atoms with E-state index < -0.39 is 11.8 Å². The molecule has 2 aromatic carbocycles. The minimum Gasteiger partial charge on any atom is -0.420 e. The molecule has 0 saturated heterocycles. The zero-order valence-electron chi connectivity index (χ0n) is 17.5. The molecule has 5 nitrogen and oxygen atoms in total. The molecule has 0 unspecified atom stereocenters. The summed E-state index contributed by atoms with van der Waals surface area (Å²) in [7, 11) is 0. The summed E-state index contributed by atoms with van der Waals surface area (Å²) in [5.41, 5.74) is 5.88. The Morgan fingerprint density at radius 1 is 0.750 bits per heavy atom. The van der Waals surface area contributed by atoms with Crippen LogP contribution in [0.2, 0.25) is 0 Å². The van der Waals surface area contributed by atoms with E-state index in [1.807, 2.05) is 65.8 Å². The maximum Gasteiger partial charge on any atom is 0.385 e. The van der Waals surface area contributed by atoms with Gasteiger partial charge in [-0.2, -0.15) is 0 Å². The molecule has 0 saturated carbocycles. The molecule has 28 heavy (non-hydrogen) atoms. The number of ketones is 1. The number of aryl methyl sites for hydroxylation is 6. The molecule has 0 spiro atoms. The van der Waals surface area contributed by atoms with Crippen LogP contribution in [0.5, 0.6) is 5.75 Å². The van der Waals surface area contributed by atoms with Crippen LogP contribution in [0.15, 0.2) is 24.3 Å². The van der Waals surface area contributed by atoms with Crippen LogP contribution in [0, 0.1) is 41.5 Å². The first-order valence-electron chi connectivity index (χ1n) is 9.26. The summed E-state index contributed by atoms with van der Waals surface area (Å²) in [6.07, 6.45) is 0.500. The molecule has 0 aromatic heterocycles. The number of esters is 1. The maximum absolute atomic E-state index is 12.5. The van der Waals surface area contributed by atoms with Crippen LogP contribution in [0.1, 0.15) is 50.2 Å². The predicted octanol–water partition coefficient (Wildman–Crippen LogP) is 3.69. The molecule has 2 N–H and O–H groups in total. The van der Waals surface area contributed by atoms with E-state index in [1.54, 1.807) is 0 Å². The van der Waals surface area contributed by atoms with Crippen LogP contribution in [0.3, 0.4) is 0 Å². The lowest BCUT2D eigenvalue weighted by Gasteiger charge is -2.13. The van der Waals surface area contributed by atoms with Crippen molar-refractivity contribution < 1.29 is 24.5 Å². The van der Waals surface area contributed by atoms with E-state index in [-0.39, 0.29) is 13.2 Å². The van der Waals surface area contributed by atoms with E-state index in [0.717, 1.165) is 33.4 Å². The normalized spacial score (nSPS) is 10.1. The molecule has 5 heteroatoms. The van der Waals surface area contributed by atoms with Crippen molar-refractivity contribution in [2.45, 2.75) is 48.0 Å². The number of ether oxygens (including phenoxy) is 1. The van der Waals surface area contributed by atoms with Gasteiger partial charge in [0, 0.05) is 18.8 Å². The standard InChI is InChI=1S/C20H22O3.C3H8O2/c1-11-7-13(3)17(14(4)8-11)18(21)20(22)23-19-15(5)9-12(2)10-16(19)6;4-2-1-3-5/h7-10H,1-6H3;4-5H,1-3H2. The molecular weight excluding hydrogens is 356 g/mol. The topological polar surface area (TPSA) is 83.8 Å². The average molecular weight is 386 g/mol. The zero-order valence-corrected chi connectivity index (χ0v) is 17.5. The third kappa shape index (κ3) is 6.29. The minimum absolute atomic E-state index is 0.0938. The largest absolute Gasteiger partial charge is 0.420 e. The summed E-state index contributed by atoms with van der Waals surface area (Å²) in [5, 5.41) is 15.8. The highest BCUT2D eigenvalue weighted by molar-refractivity contribution is 6.41. The van der Waals surface area contributed by atoms with Gasteiger partial charge >= 0.3 is 5.97 Å². The molecule has 0 atom stereocenters. The number of Topliss-reactive ketones (excluding diaryl/α,β-unsaturated/α-hetero) is 1. The highest BCUT2D eigenvalue weighted by atomic mass is 16.5. The monoisotopic (exact) mass is 386 g/mol. The third-order valence-corrected chi connectivity index (χ3v) is 4.21. The second kappa shape index (κ2) is 10.7. The van der Waals surface area contributed by atoms with Crippen LogP contribution in [0.4, 0.5) is 0 Å². The van der Waals surface area contributed by atoms with Gasteiger partial charge < -0.3 is 14.9 Å². The lowest BCUT2D eigenvalue weighted by molar-refractivity contribution is -0.129. The molecule has 0 radical (unpaired) electrons. The summed E-state index contributed by atoms with van der Waals surface area (Å²) >= 11 is 0. The number of hydrogen-bond acceptors (Lipinski definition) is 5. The van der Waals surface area contributed by atoms with Crippen molar-refractivity contribution in [3.8, 4) is 5.75 Å². The average Bonchev–Trinajstić information content (AvgIpc) is 2.58. The van der Waals surface area contributed by atoms with Gasteiger partial charge in [-0.1, -0.05) is 35.4 Å². The zero-order chi connectivity index (χ0) is 21.4. The number of aliphatic hydroxyl groups is 2. The lowest BCUT2D eigenvalue weighted by Crippen LogP contribution is -2.23. The molecule has 0 aliphatic carbocycles. The first-order valence-corrected chi connectivity index (χ1v) is 9.26. The second-order valence-corrected chi connectivity index (χ2v) is 7.02. The van der Waals surface area contributed by atoms with E-state index in [0.29, 0.717) is 17.7 Å². The van der Waals surface area contributed by atoms with Crippen LogP contribution in [0.25, 0.3) is 0 Å². The lowest BCUT2D eigenvalue weighted by atomic mass is 9.96. The molecule has 0 aliphatic rings. The van der Waals surface area contributed by atoms with E-state index in [2.05, 4.69) is 0 Å². The fourth-order valence-electron chi connectivity index (χ4n) is 3.18. The number of carbonyl (C=O) groups excluding carboxylic acids is 2. The summed E-state index contributed by atoms with van der Waals surface area (Å²) in [5.74, 6) is -0.967. The van der Waals surface area contributed by atoms with Crippen molar-refractivity contribution in [3.63, 3.8) is 0 Å². The highest BCUT2D eigenvalue weighted by Crippen LogP contribution is 2.25. The fraction of sp³-hybridized carbons (Fsp3) is 0.391. The fourth-order valence-corrected chi connectivity index (χ4v) is 3.18. The molecule has 0 aliphatic heterocycles. The molecule has 152 valence electrons. The Kier molecular flexibility index (Phi) is 9.03. The Bertz CT molecular complexity index is 804. The molecular formula is C23H30O5. The van der Waals surface area contributed by atoms with Crippen molar-refractivity contribution >= 4 is 11.8 Å². The van der Waals surface area contributed by atoms with Crippen LogP contribution in [-0.4, -0.2) is 35.2 Å². The van der Waals surface area contributed by atoms with Crippen LogP contribution >= 0.6 is 0 Å².